The number of nitrogens with one attached hydrogen (secondary N) is 2. The van der Waals surface area contributed by atoms with Crippen LogP contribution in [0.25, 0.3) is 22.0 Å². The third-order valence-corrected chi connectivity index (χ3v) is 5.96. The predicted octanol–water partition coefficient (Wildman–Crippen LogP) is -0.666. The normalized spacial score (nSPS) is 15.0. The van der Waals surface area contributed by atoms with Crippen molar-refractivity contribution in [2.75, 3.05) is 18.4 Å². The van der Waals surface area contributed by atoms with Crippen molar-refractivity contribution in [2.24, 2.45) is 0 Å². The standard InChI is InChI=1S/C21H25B3N8O/c22-21(23,24)32-12-15(8-29-32)14-5-13-6-19(27-10-18(13)26-7-14)30-20(33)16-9-28-31(11-16)17-1-3-25-4-2-17/h5-12,17,25H,1-4,22-24H2,(H,27,30,33). The van der Waals surface area contributed by atoms with E-state index in [2.05, 4.69) is 54.3 Å². The first kappa shape index (κ1) is 21.5. The van der Waals surface area contributed by atoms with Crippen LogP contribution in [0.1, 0.15) is 29.2 Å². The summed E-state index contributed by atoms with van der Waals surface area (Å²) in [4.78, 5) is 21.7. The Kier molecular flexibility index (Phi) is 5.53. The van der Waals surface area contributed by atoms with E-state index >= 15 is 0 Å². The van der Waals surface area contributed by atoms with E-state index in [0.717, 1.165) is 48.0 Å². The molecule has 0 aliphatic carbocycles. The molecule has 5 heterocycles. The minimum atomic E-state index is -0.224. The highest BCUT2D eigenvalue weighted by molar-refractivity contribution is 6.56. The van der Waals surface area contributed by atoms with E-state index in [9.17, 15) is 4.79 Å². The zero-order chi connectivity index (χ0) is 23.0. The van der Waals surface area contributed by atoms with Gasteiger partial charge in [-0.15, -0.1) is 0 Å². The molecular weight excluding hydrogens is 413 g/mol. The minimum absolute atomic E-state index is 0.0917. The number of piperidine rings is 1. The maximum absolute atomic E-state index is 12.8. The van der Waals surface area contributed by atoms with Crippen molar-refractivity contribution in [3.8, 4) is 11.1 Å². The molecule has 1 aliphatic rings. The molecule has 9 nitrogen and oxygen atoms in total. The topological polar surface area (TPSA) is 103 Å². The van der Waals surface area contributed by atoms with E-state index in [1.807, 2.05) is 46.3 Å². The van der Waals surface area contributed by atoms with Crippen LogP contribution in [0.5, 0.6) is 0 Å². The van der Waals surface area contributed by atoms with Gasteiger partial charge in [0.15, 0.2) is 0 Å². The molecule has 0 atom stereocenters. The number of carbonyl (C=O) groups is 1. The van der Waals surface area contributed by atoms with Crippen molar-refractivity contribution in [2.45, 2.75) is 24.1 Å². The Morgan fingerprint density at radius 3 is 2.58 bits per heavy atom. The lowest BCUT2D eigenvalue weighted by molar-refractivity contribution is 0.102. The number of fused-ring (bicyclic) bond motifs is 1. The molecule has 0 aromatic carbocycles. The zero-order valence-electron chi connectivity index (χ0n) is 19.1. The van der Waals surface area contributed by atoms with Crippen molar-refractivity contribution in [1.29, 1.82) is 0 Å². The molecule has 0 saturated carbocycles. The Hall–Kier alpha value is -3.40. The Labute approximate surface area is 194 Å². The molecule has 1 saturated heterocycles. The summed E-state index contributed by atoms with van der Waals surface area (Å²) in [5, 5.41) is 15.9. The smallest absolute Gasteiger partial charge is 0.260 e. The van der Waals surface area contributed by atoms with Crippen LogP contribution >= 0.6 is 0 Å². The Balaban J connectivity index is 1.35. The molecule has 4 aromatic rings. The van der Waals surface area contributed by atoms with Crippen molar-refractivity contribution < 1.29 is 4.79 Å². The number of hydrogen-bond donors (Lipinski definition) is 2. The number of anilines is 1. The lowest BCUT2D eigenvalue weighted by Gasteiger charge is -2.22. The number of nitrogens with zero attached hydrogens (tertiary/aromatic N) is 6. The molecule has 0 unspecified atom stereocenters. The van der Waals surface area contributed by atoms with E-state index < -0.39 is 0 Å². The molecule has 4 aromatic heterocycles. The second-order valence-corrected chi connectivity index (χ2v) is 9.47. The number of hydrogen-bond acceptors (Lipinski definition) is 6. The molecule has 0 bridgehead atoms. The summed E-state index contributed by atoms with van der Waals surface area (Å²) in [7, 11) is 6.33. The second kappa shape index (κ2) is 8.51. The average molecular weight is 438 g/mol. The van der Waals surface area contributed by atoms with Gasteiger partial charge in [-0.25, -0.2) is 4.98 Å². The van der Waals surface area contributed by atoms with E-state index in [1.165, 1.54) is 0 Å². The molecule has 164 valence electrons. The van der Waals surface area contributed by atoms with Crippen LogP contribution in [0.3, 0.4) is 0 Å². The van der Waals surface area contributed by atoms with Gasteiger partial charge in [-0.1, -0.05) is 0 Å². The molecule has 33 heavy (non-hydrogen) atoms. The van der Waals surface area contributed by atoms with Gasteiger partial charge in [0, 0.05) is 35.1 Å². The molecule has 0 spiro atoms. The Bertz CT molecular complexity index is 1310. The fourth-order valence-corrected chi connectivity index (χ4v) is 4.01. The maximum Gasteiger partial charge on any atom is 0.260 e. The molecule has 1 amide bonds. The molecule has 1 fully saturated rings. The molecule has 1 aliphatic heterocycles. The van der Waals surface area contributed by atoms with Gasteiger partial charge in [-0.3, -0.25) is 19.1 Å². The van der Waals surface area contributed by atoms with Gasteiger partial charge in [-0.2, -0.15) is 10.2 Å². The van der Waals surface area contributed by atoms with Crippen LogP contribution < -0.4 is 10.6 Å². The van der Waals surface area contributed by atoms with Gasteiger partial charge < -0.3 is 10.6 Å². The van der Waals surface area contributed by atoms with E-state index in [0.29, 0.717) is 17.4 Å². The number of rotatable bonds is 5. The van der Waals surface area contributed by atoms with Crippen molar-refractivity contribution in [3.05, 3.63) is 54.9 Å². The zero-order valence-corrected chi connectivity index (χ0v) is 19.1. The minimum Gasteiger partial charge on any atom is -0.317 e. The first-order chi connectivity index (χ1) is 15.9. The quantitative estimate of drug-likeness (QED) is 0.402. The van der Waals surface area contributed by atoms with Gasteiger partial charge in [0.1, 0.15) is 29.4 Å². The van der Waals surface area contributed by atoms with Gasteiger partial charge in [-0.05, 0) is 43.3 Å². The van der Waals surface area contributed by atoms with Crippen molar-refractivity contribution >= 4 is 46.2 Å². The number of pyridine rings is 2. The van der Waals surface area contributed by atoms with Crippen LogP contribution in [0.2, 0.25) is 0 Å². The second-order valence-electron chi connectivity index (χ2n) is 9.47. The number of aromatic nitrogens is 6. The van der Waals surface area contributed by atoms with Crippen LogP contribution in [-0.4, -0.2) is 72.1 Å². The van der Waals surface area contributed by atoms with Crippen LogP contribution in [0.15, 0.2) is 49.3 Å². The maximum atomic E-state index is 12.8. The van der Waals surface area contributed by atoms with E-state index in [1.54, 1.807) is 12.4 Å². The molecule has 2 N–H and O–H groups in total. The fourth-order valence-electron chi connectivity index (χ4n) is 4.01. The largest absolute Gasteiger partial charge is 0.317 e. The van der Waals surface area contributed by atoms with Crippen LogP contribution in [0, 0.1) is 0 Å². The van der Waals surface area contributed by atoms with Gasteiger partial charge in [0.05, 0.1) is 35.7 Å². The monoisotopic (exact) mass is 438 g/mol. The molecular formula is C21H25B3N8O. The number of amides is 1. The van der Waals surface area contributed by atoms with Crippen LogP contribution in [0.4, 0.5) is 5.82 Å². The first-order valence-corrected chi connectivity index (χ1v) is 11.2. The van der Waals surface area contributed by atoms with Gasteiger partial charge >= 0.3 is 0 Å². The lowest BCUT2D eigenvalue weighted by Crippen LogP contribution is -2.35. The third-order valence-electron chi connectivity index (χ3n) is 5.96. The highest BCUT2D eigenvalue weighted by Crippen LogP contribution is 2.24. The summed E-state index contributed by atoms with van der Waals surface area (Å²) in [6.07, 6.45) is 12.8. The Morgan fingerprint density at radius 2 is 1.82 bits per heavy atom. The molecule has 0 radical (unpaired) electrons. The molecule has 12 heteroatoms. The van der Waals surface area contributed by atoms with Crippen LogP contribution in [-0.2, 0) is 5.24 Å². The summed E-state index contributed by atoms with van der Waals surface area (Å²) >= 11 is 0. The summed E-state index contributed by atoms with van der Waals surface area (Å²) < 4.78 is 3.84. The third kappa shape index (κ3) is 4.56. The fraction of sp³-hybridized carbons (Fsp3) is 0.286. The van der Waals surface area contributed by atoms with Gasteiger partial charge in [0.2, 0.25) is 0 Å². The van der Waals surface area contributed by atoms with Crippen molar-refractivity contribution in [1.82, 2.24) is 34.8 Å². The highest BCUT2D eigenvalue weighted by atomic mass is 16.1. The summed E-state index contributed by atoms with van der Waals surface area (Å²) in [5.41, 5.74) is 3.24. The van der Waals surface area contributed by atoms with E-state index in [-0.39, 0.29) is 11.1 Å². The molecule has 5 rings (SSSR count). The lowest BCUT2D eigenvalue weighted by atomic mass is 9.49. The first-order valence-electron chi connectivity index (χ1n) is 11.2. The highest BCUT2D eigenvalue weighted by Gasteiger charge is 2.18. The average Bonchev–Trinajstić information content (AvgIpc) is 3.49. The predicted molar refractivity (Wildman–Crippen MR) is 136 cm³/mol. The van der Waals surface area contributed by atoms with Crippen molar-refractivity contribution in [3.63, 3.8) is 0 Å². The van der Waals surface area contributed by atoms with Gasteiger partial charge in [0.25, 0.3) is 5.91 Å². The Morgan fingerprint density at radius 1 is 1.00 bits per heavy atom. The summed E-state index contributed by atoms with van der Waals surface area (Å²) in [6.45, 7) is 1.94. The van der Waals surface area contributed by atoms with E-state index in [4.69, 9.17) is 0 Å². The summed E-state index contributed by atoms with van der Waals surface area (Å²) in [5.74, 6) is 0.254. The summed E-state index contributed by atoms with van der Waals surface area (Å²) in [6, 6.07) is 4.22. The number of carbonyl (C=O) groups excluding carboxylic acids is 1. The SMILES string of the molecule is BC(B)(B)n1cc(-c2cnc3cnc(NC(=O)c4cnn(C5CCNCC5)c4)cc3c2)cn1.